The van der Waals surface area contributed by atoms with E-state index in [1.54, 1.807) is 23.9 Å². The van der Waals surface area contributed by atoms with Gasteiger partial charge in [0.25, 0.3) is 11.8 Å². The molecule has 0 radical (unpaired) electrons. The predicted molar refractivity (Wildman–Crippen MR) is 82.9 cm³/mol. The molecule has 7 nitrogen and oxygen atoms in total. The van der Waals surface area contributed by atoms with E-state index in [1.807, 2.05) is 19.9 Å². The molecule has 3 rings (SSSR count). The van der Waals surface area contributed by atoms with Crippen molar-refractivity contribution in [1.29, 1.82) is 0 Å². The molecule has 0 unspecified atom stereocenters. The van der Waals surface area contributed by atoms with Crippen molar-refractivity contribution in [3.05, 3.63) is 34.8 Å². The van der Waals surface area contributed by atoms with Gasteiger partial charge >= 0.3 is 0 Å². The summed E-state index contributed by atoms with van der Waals surface area (Å²) in [5.74, 6) is 0.736. The summed E-state index contributed by atoms with van der Waals surface area (Å²) in [6.07, 6.45) is 1.78. The van der Waals surface area contributed by atoms with Gasteiger partial charge in [-0.3, -0.25) is 9.48 Å². The maximum Gasteiger partial charge on any atom is 0.276 e. The first-order valence-corrected chi connectivity index (χ1v) is 7.64. The highest BCUT2D eigenvalue weighted by atomic mass is 32.1. The van der Waals surface area contributed by atoms with Gasteiger partial charge in [0.1, 0.15) is 0 Å². The van der Waals surface area contributed by atoms with Crippen molar-refractivity contribution in [2.45, 2.75) is 27.3 Å². The van der Waals surface area contributed by atoms with Crippen LogP contribution in [0.5, 0.6) is 0 Å². The number of carbonyl (C=O) groups excluding carboxylic acids is 1. The summed E-state index contributed by atoms with van der Waals surface area (Å²) in [6, 6.07) is 3.53. The summed E-state index contributed by atoms with van der Waals surface area (Å²) in [4.78, 5) is 14.0. The Morgan fingerprint density at radius 2 is 2.23 bits per heavy atom. The van der Waals surface area contributed by atoms with E-state index in [9.17, 15) is 4.79 Å². The molecule has 0 aliphatic heterocycles. The fourth-order valence-corrected chi connectivity index (χ4v) is 2.85. The topological polar surface area (TPSA) is 85.8 Å². The van der Waals surface area contributed by atoms with Crippen LogP contribution in [0.2, 0.25) is 0 Å². The van der Waals surface area contributed by atoms with E-state index in [-0.39, 0.29) is 5.91 Å². The molecular formula is C14H15N5O2S. The number of thiophene rings is 1. The summed E-state index contributed by atoms with van der Waals surface area (Å²) in [5.41, 5.74) is 1.12. The minimum absolute atomic E-state index is 0.235. The van der Waals surface area contributed by atoms with Gasteiger partial charge in [0, 0.05) is 24.5 Å². The molecule has 3 aromatic rings. The molecule has 0 aliphatic carbocycles. The first kappa shape index (κ1) is 14.5. The van der Waals surface area contributed by atoms with Gasteiger partial charge in [0.15, 0.2) is 5.69 Å². The monoisotopic (exact) mass is 317 g/mol. The molecule has 0 saturated heterocycles. The van der Waals surface area contributed by atoms with Gasteiger partial charge < -0.3 is 9.73 Å². The quantitative estimate of drug-likeness (QED) is 0.799. The Morgan fingerprint density at radius 1 is 1.41 bits per heavy atom. The number of aryl methyl sites for hydroxylation is 3. The first-order chi connectivity index (χ1) is 10.6. The Morgan fingerprint density at radius 3 is 2.86 bits per heavy atom. The molecule has 114 valence electrons. The number of nitrogens with zero attached hydrogens (tertiary/aromatic N) is 4. The van der Waals surface area contributed by atoms with Gasteiger partial charge in [-0.25, -0.2) is 0 Å². The van der Waals surface area contributed by atoms with Gasteiger partial charge in [-0.1, -0.05) is 0 Å². The zero-order valence-electron chi connectivity index (χ0n) is 12.5. The zero-order valence-corrected chi connectivity index (χ0v) is 13.3. The van der Waals surface area contributed by atoms with E-state index in [2.05, 4.69) is 20.6 Å². The van der Waals surface area contributed by atoms with E-state index < -0.39 is 0 Å². The van der Waals surface area contributed by atoms with Crippen LogP contribution >= 0.6 is 11.3 Å². The average molecular weight is 317 g/mol. The molecule has 0 aromatic carbocycles. The number of hydrogen-bond acceptors (Lipinski definition) is 6. The highest BCUT2D eigenvalue weighted by Crippen LogP contribution is 2.33. The largest absolute Gasteiger partial charge is 0.420 e. The molecule has 0 atom stereocenters. The van der Waals surface area contributed by atoms with Gasteiger partial charge in [-0.2, -0.15) is 5.10 Å². The third-order valence-electron chi connectivity index (χ3n) is 3.10. The van der Waals surface area contributed by atoms with Crippen LogP contribution < -0.4 is 5.32 Å². The third-order valence-corrected chi connectivity index (χ3v) is 4.14. The minimum atomic E-state index is -0.235. The molecule has 0 saturated carbocycles. The Bertz CT molecular complexity index is 817. The molecule has 0 spiro atoms. The van der Waals surface area contributed by atoms with Gasteiger partial charge in [-0.15, -0.1) is 21.5 Å². The second-order valence-corrected chi connectivity index (χ2v) is 5.97. The van der Waals surface area contributed by atoms with Crippen molar-refractivity contribution < 1.29 is 9.21 Å². The minimum Gasteiger partial charge on any atom is -0.420 e. The summed E-state index contributed by atoms with van der Waals surface area (Å²) in [6.45, 7) is 6.36. The number of nitrogens with one attached hydrogen (secondary N) is 1. The fourth-order valence-electron chi connectivity index (χ4n) is 1.95. The number of anilines is 1. The maximum absolute atomic E-state index is 12.2. The van der Waals surface area contributed by atoms with Crippen LogP contribution in [0.15, 0.2) is 22.7 Å². The van der Waals surface area contributed by atoms with Gasteiger partial charge in [-0.05, 0) is 26.0 Å². The highest BCUT2D eigenvalue weighted by Gasteiger charge is 2.16. The van der Waals surface area contributed by atoms with E-state index in [0.29, 0.717) is 17.5 Å². The lowest BCUT2D eigenvalue weighted by atomic mass is 10.3. The van der Waals surface area contributed by atoms with Crippen molar-refractivity contribution in [2.24, 2.45) is 0 Å². The van der Waals surface area contributed by atoms with Gasteiger partial charge in [0.2, 0.25) is 5.89 Å². The lowest BCUT2D eigenvalue weighted by Gasteiger charge is -2.01. The molecule has 0 aliphatic rings. The van der Waals surface area contributed by atoms with Crippen molar-refractivity contribution in [2.75, 3.05) is 5.32 Å². The van der Waals surface area contributed by atoms with Crippen LogP contribution in [-0.2, 0) is 6.54 Å². The summed E-state index contributed by atoms with van der Waals surface area (Å²) >= 11 is 1.49. The van der Waals surface area contributed by atoms with Crippen LogP contribution in [0, 0.1) is 13.8 Å². The second kappa shape index (κ2) is 5.72. The van der Waals surface area contributed by atoms with Crippen molar-refractivity contribution in [1.82, 2.24) is 20.0 Å². The number of rotatable bonds is 4. The molecule has 8 heteroatoms. The average Bonchev–Trinajstić information content (AvgIpc) is 3.19. The van der Waals surface area contributed by atoms with Crippen molar-refractivity contribution >= 4 is 22.9 Å². The lowest BCUT2D eigenvalue weighted by molar-refractivity contribution is 0.102. The van der Waals surface area contributed by atoms with Crippen LogP contribution in [-0.4, -0.2) is 25.9 Å². The highest BCUT2D eigenvalue weighted by molar-refractivity contribution is 7.15. The molecular weight excluding hydrogens is 302 g/mol. The van der Waals surface area contributed by atoms with Crippen LogP contribution in [0.1, 0.15) is 28.2 Å². The van der Waals surface area contributed by atoms with Crippen molar-refractivity contribution in [3.63, 3.8) is 0 Å². The Labute approximate surface area is 131 Å². The van der Waals surface area contributed by atoms with Crippen LogP contribution in [0.3, 0.4) is 0 Å². The summed E-state index contributed by atoms with van der Waals surface area (Å²) in [7, 11) is 0. The summed E-state index contributed by atoms with van der Waals surface area (Å²) in [5, 5.41) is 14.9. The van der Waals surface area contributed by atoms with Crippen LogP contribution in [0.25, 0.3) is 10.8 Å². The molecule has 1 amide bonds. The van der Waals surface area contributed by atoms with Gasteiger partial charge in [0.05, 0.1) is 10.6 Å². The van der Waals surface area contributed by atoms with E-state index >= 15 is 0 Å². The maximum atomic E-state index is 12.2. The molecule has 0 bridgehead atoms. The molecule has 1 N–H and O–H groups in total. The number of amides is 1. The standard InChI is InChI=1S/C14H15N5O2S/c1-4-19-6-5-10(18-19)13(20)15-11-7-12(22-8(11)2)14-17-16-9(3)21-14/h5-7H,4H2,1-3H3,(H,15,20). The van der Waals surface area contributed by atoms with E-state index in [0.717, 1.165) is 22.0 Å². The van der Waals surface area contributed by atoms with Crippen LogP contribution in [0.4, 0.5) is 5.69 Å². The summed E-state index contributed by atoms with van der Waals surface area (Å²) < 4.78 is 7.12. The van der Waals surface area contributed by atoms with E-state index in [4.69, 9.17) is 4.42 Å². The Balaban J connectivity index is 1.80. The Hall–Kier alpha value is -2.48. The molecule has 3 heterocycles. The first-order valence-electron chi connectivity index (χ1n) is 6.82. The smallest absolute Gasteiger partial charge is 0.276 e. The molecule has 22 heavy (non-hydrogen) atoms. The van der Waals surface area contributed by atoms with Crippen molar-refractivity contribution in [3.8, 4) is 10.8 Å². The predicted octanol–water partition coefficient (Wildman–Crippen LogP) is 2.88. The fraction of sp³-hybridized carbons (Fsp3) is 0.286. The van der Waals surface area contributed by atoms with E-state index in [1.165, 1.54) is 11.3 Å². The number of carbonyl (C=O) groups is 1. The Kier molecular flexibility index (Phi) is 3.76. The zero-order chi connectivity index (χ0) is 15.7. The normalized spacial score (nSPS) is 10.9. The third kappa shape index (κ3) is 2.77. The molecule has 3 aromatic heterocycles. The number of aromatic nitrogens is 4. The SMILES string of the molecule is CCn1ccc(C(=O)Nc2cc(-c3nnc(C)o3)sc2C)n1. The second-order valence-electron chi connectivity index (χ2n) is 4.72. The number of hydrogen-bond donors (Lipinski definition) is 1. The molecule has 0 fully saturated rings. The lowest BCUT2D eigenvalue weighted by Crippen LogP contribution is -2.13.